The van der Waals surface area contributed by atoms with Gasteiger partial charge in [0.25, 0.3) is 0 Å². The molecular weight excluding hydrogens is 338 g/mol. The number of carbonyl (C=O) groups is 1. The van der Waals surface area contributed by atoms with Crippen LogP contribution in [0, 0.1) is 29.6 Å². The van der Waals surface area contributed by atoms with Gasteiger partial charge < -0.3 is 4.90 Å². The van der Waals surface area contributed by atoms with E-state index in [1.54, 1.807) is 16.9 Å². The lowest BCUT2D eigenvalue weighted by Crippen LogP contribution is -2.30. The van der Waals surface area contributed by atoms with Crippen LogP contribution in [-0.2, 0) is 0 Å². The molecule has 0 aromatic carbocycles. The molecule has 0 atom stereocenters. The van der Waals surface area contributed by atoms with E-state index >= 15 is 0 Å². The molecule has 1 aromatic rings. The van der Waals surface area contributed by atoms with Crippen molar-refractivity contribution in [1.82, 2.24) is 4.90 Å². The fourth-order valence-electron chi connectivity index (χ4n) is 4.42. The average Bonchev–Trinajstić information content (AvgIpc) is 3.39. The Hall–Kier alpha value is -1.37. The molecule has 2 heterocycles. The van der Waals surface area contributed by atoms with Crippen LogP contribution >= 0.6 is 11.3 Å². The molecule has 0 unspecified atom stereocenters. The summed E-state index contributed by atoms with van der Waals surface area (Å²) in [6.07, 6.45) is 10.0. The fourth-order valence-corrected chi connectivity index (χ4v) is 5.28. The summed E-state index contributed by atoms with van der Waals surface area (Å²) < 4.78 is 0. The highest BCUT2D eigenvalue weighted by Crippen LogP contribution is 2.41. The van der Waals surface area contributed by atoms with Crippen molar-refractivity contribution in [3.05, 3.63) is 27.0 Å². The predicted molar refractivity (Wildman–Crippen MR) is 109 cm³/mol. The Morgan fingerprint density at radius 3 is 2.65 bits per heavy atom. The van der Waals surface area contributed by atoms with E-state index in [2.05, 4.69) is 36.8 Å². The molecule has 2 nitrogen and oxygen atoms in total. The molecule has 3 aliphatic rings. The topological polar surface area (TPSA) is 20.3 Å². The van der Waals surface area contributed by atoms with Gasteiger partial charge in [0.05, 0.1) is 9.75 Å². The minimum Gasteiger partial charge on any atom is -0.302 e. The van der Waals surface area contributed by atoms with Crippen LogP contribution in [0.3, 0.4) is 0 Å². The number of nitrogens with zero attached hydrogens (tertiary/aromatic N) is 1. The second-order valence-electron chi connectivity index (χ2n) is 8.50. The molecule has 2 fully saturated rings. The first-order chi connectivity index (χ1) is 12.6. The maximum atomic E-state index is 11.8. The minimum atomic E-state index is 0.597. The molecule has 0 N–H and O–H groups in total. The van der Waals surface area contributed by atoms with E-state index in [4.69, 9.17) is 0 Å². The molecule has 2 saturated carbocycles. The van der Waals surface area contributed by atoms with Gasteiger partial charge in [-0.25, -0.2) is 0 Å². The summed E-state index contributed by atoms with van der Waals surface area (Å²) in [4.78, 5) is 16.1. The molecule has 3 heteroatoms. The van der Waals surface area contributed by atoms with Crippen molar-refractivity contribution >= 4 is 23.2 Å². The zero-order valence-corrected chi connectivity index (χ0v) is 16.8. The summed E-state index contributed by atoms with van der Waals surface area (Å²) in [6, 6.07) is 2.20. The zero-order chi connectivity index (χ0) is 18.1. The second-order valence-corrected chi connectivity index (χ2v) is 9.58. The third-order valence-corrected chi connectivity index (χ3v) is 7.23. The number of hydrogen-bond donors (Lipinski definition) is 0. The molecule has 1 aliphatic heterocycles. The summed E-state index contributed by atoms with van der Waals surface area (Å²) in [6.45, 7) is 4.49. The van der Waals surface area contributed by atoms with E-state index in [9.17, 15) is 4.79 Å². The second kappa shape index (κ2) is 7.71. The van der Waals surface area contributed by atoms with Crippen LogP contribution in [0.1, 0.15) is 72.0 Å². The van der Waals surface area contributed by atoms with Gasteiger partial charge in [-0.2, -0.15) is 0 Å². The molecule has 0 radical (unpaired) electrons. The van der Waals surface area contributed by atoms with E-state index in [1.807, 2.05) is 0 Å². The molecule has 1 aromatic heterocycles. The van der Waals surface area contributed by atoms with E-state index in [1.165, 1.54) is 49.7 Å². The van der Waals surface area contributed by atoms with Crippen molar-refractivity contribution < 1.29 is 4.79 Å². The van der Waals surface area contributed by atoms with Crippen LogP contribution in [0.5, 0.6) is 0 Å². The molecular formula is C23H29NOS. The number of thiophene rings is 1. The number of aldehydes is 1. The maximum absolute atomic E-state index is 11.8. The fraction of sp³-hybridized carbons (Fsp3) is 0.609. The first-order valence-corrected chi connectivity index (χ1v) is 11.0. The molecule has 2 aliphatic carbocycles. The van der Waals surface area contributed by atoms with Crippen LogP contribution in [-0.4, -0.2) is 31.3 Å². The Morgan fingerprint density at radius 2 is 1.96 bits per heavy atom. The van der Waals surface area contributed by atoms with Crippen LogP contribution in [0.2, 0.25) is 0 Å². The standard InChI is InChI=1S/C23H29NOS/c1-16-3-8-18(9-4-16)20-11-12-24(2)14-22(20)21-13-19(26-23(21)15-25)10-7-17-5-6-17/h13,15-18H,3-6,8-9,11-12,14H2,1-2H3. The van der Waals surface area contributed by atoms with Crippen LogP contribution < -0.4 is 0 Å². The highest BCUT2D eigenvalue weighted by molar-refractivity contribution is 7.14. The van der Waals surface area contributed by atoms with Crippen molar-refractivity contribution in [2.45, 2.75) is 51.9 Å². The zero-order valence-electron chi connectivity index (χ0n) is 16.0. The predicted octanol–water partition coefficient (Wildman–Crippen LogP) is 5.24. The highest BCUT2D eigenvalue weighted by Gasteiger charge is 2.28. The lowest BCUT2D eigenvalue weighted by Gasteiger charge is -2.35. The summed E-state index contributed by atoms with van der Waals surface area (Å²) in [5, 5.41) is 0. The van der Waals surface area contributed by atoms with Gasteiger partial charge in [0, 0.05) is 24.6 Å². The summed E-state index contributed by atoms with van der Waals surface area (Å²) in [5.74, 6) is 8.86. The summed E-state index contributed by atoms with van der Waals surface area (Å²) >= 11 is 1.58. The highest BCUT2D eigenvalue weighted by atomic mass is 32.1. The molecule has 0 saturated heterocycles. The normalized spacial score (nSPS) is 27.2. The third kappa shape index (κ3) is 3.97. The molecule has 138 valence electrons. The molecule has 0 spiro atoms. The molecule has 26 heavy (non-hydrogen) atoms. The van der Waals surface area contributed by atoms with Crippen molar-refractivity contribution in [2.75, 3.05) is 20.1 Å². The minimum absolute atomic E-state index is 0.597. The smallest absolute Gasteiger partial charge is 0.160 e. The molecule has 4 rings (SSSR count). The molecule has 0 bridgehead atoms. The maximum Gasteiger partial charge on any atom is 0.160 e. The number of hydrogen-bond acceptors (Lipinski definition) is 3. The van der Waals surface area contributed by atoms with Gasteiger partial charge in [-0.05, 0) is 62.6 Å². The van der Waals surface area contributed by atoms with Gasteiger partial charge in [-0.1, -0.05) is 37.2 Å². The third-order valence-electron chi connectivity index (χ3n) is 6.26. The monoisotopic (exact) mass is 367 g/mol. The number of likely N-dealkylation sites (N-methyl/N-ethyl adjacent to an activating group) is 1. The molecule has 0 amide bonds. The van der Waals surface area contributed by atoms with Gasteiger partial charge >= 0.3 is 0 Å². The van der Waals surface area contributed by atoms with Crippen molar-refractivity contribution in [1.29, 1.82) is 0 Å². The summed E-state index contributed by atoms with van der Waals surface area (Å²) in [7, 11) is 2.19. The van der Waals surface area contributed by atoms with E-state index in [0.717, 1.165) is 47.4 Å². The van der Waals surface area contributed by atoms with Gasteiger partial charge in [0.15, 0.2) is 6.29 Å². The van der Waals surface area contributed by atoms with Gasteiger partial charge in [-0.3, -0.25) is 4.79 Å². The largest absolute Gasteiger partial charge is 0.302 e. The SMILES string of the molecule is CC1CCC(C2=C(c3cc(C#CC4CC4)sc3C=O)CN(C)CC2)CC1. The quantitative estimate of drug-likeness (QED) is 0.538. The Labute approximate surface area is 161 Å². The van der Waals surface area contributed by atoms with Gasteiger partial charge in [0.2, 0.25) is 0 Å². The van der Waals surface area contributed by atoms with Crippen LogP contribution in [0.15, 0.2) is 11.6 Å². The summed E-state index contributed by atoms with van der Waals surface area (Å²) in [5.41, 5.74) is 4.24. The van der Waals surface area contributed by atoms with Gasteiger partial charge in [0.1, 0.15) is 0 Å². The lowest BCUT2D eigenvalue weighted by atomic mass is 9.75. The van der Waals surface area contributed by atoms with Crippen LogP contribution in [0.4, 0.5) is 0 Å². The van der Waals surface area contributed by atoms with E-state index < -0.39 is 0 Å². The Kier molecular flexibility index (Phi) is 5.34. The van der Waals surface area contributed by atoms with E-state index in [-0.39, 0.29) is 0 Å². The lowest BCUT2D eigenvalue weighted by molar-refractivity contribution is 0.112. The van der Waals surface area contributed by atoms with Crippen molar-refractivity contribution in [3.8, 4) is 11.8 Å². The first kappa shape index (κ1) is 18.0. The van der Waals surface area contributed by atoms with E-state index in [0.29, 0.717) is 5.92 Å². The Balaban J connectivity index is 1.69. The Bertz CT molecular complexity index is 766. The Morgan fingerprint density at radius 1 is 1.19 bits per heavy atom. The van der Waals surface area contributed by atoms with Crippen molar-refractivity contribution in [2.24, 2.45) is 17.8 Å². The van der Waals surface area contributed by atoms with Crippen LogP contribution in [0.25, 0.3) is 5.57 Å². The number of rotatable bonds is 3. The van der Waals surface area contributed by atoms with Gasteiger partial charge in [-0.15, -0.1) is 11.3 Å². The van der Waals surface area contributed by atoms with Crippen molar-refractivity contribution in [3.63, 3.8) is 0 Å². The average molecular weight is 368 g/mol. The first-order valence-electron chi connectivity index (χ1n) is 10.2. The number of carbonyl (C=O) groups excluding carboxylic acids is 1.